The van der Waals surface area contributed by atoms with Crippen LogP contribution in [-0.4, -0.2) is 25.9 Å². The number of hydrogen-bond donors (Lipinski definition) is 2. The van der Waals surface area contributed by atoms with Crippen molar-refractivity contribution >= 4 is 0 Å². The average molecular weight is 211 g/mol. The van der Waals surface area contributed by atoms with Crippen molar-refractivity contribution in [1.82, 2.24) is 0 Å². The molecule has 0 aromatic heterocycles. The Morgan fingerprint density at radius 1 is 1.33 bits per heavy atom. The minimum Gasteiger partial charge on any atom is -0.504 e. The van der Waals surface area contributed by atoms with Crippen LogP contribution in [0.25, 0.3) is 0 Å². The third-order valence-electron chi connectivity index (χ3n) is 2.40. The zero-order chi connectivity index (χ0) is 11.4. The van der Waals surface area contributed by atoms with E-state index < -0.39 is 0 Å². The Bertz CT molecular complexity index is 339. The predicted octanol–water partition coefficient (Wildman–Crippen LogP) is 1.47. The molecule has 0 aliphatic carbocycles. The number of ether oxygens (including phenoxy) is 2. The standard InChI is InChI=1S/C11H17NO3/c1-7(6-12)8-4-9(13)11(15-3)10(5-8)14-2/h4-5,7,13H,6,12H2,1-3H3. The minimum atomic E-state index is 0.0761. The van der Waals surface area contributed by atoms with Gasteiger partial charge in [0.2, 0.25) is 5.75 Å². The van der Waals surface area contributed by atoms with E-state index in [1.165, 1.54) is 14.2 Å². The number of hydrogen-bond acceptors (Lipinski definition) is 4. The van der Waals surface area contributed by atoms with E-state index in [-0.39, 0.29) is 11.7 Å². The third-order valence-corrected chi connectivity index (χ3v) is 2.40. The second-order valence-electron chi connectivity index (χ2n) is 3.41. The molecule has 4 nitrogen and oxygen atoms in total. The quantitative estimate of drug-likeness (QED) is 0.791. The Labute approximate surface area is 89.6 Å². The molecule has 0 amide bonds. The lowest BCUT2D eigenvalue weighted by Crippen LogP contribution is -2.09. The molecule has 1 rings (SSSR count). The van der Waals surface area contributed by atoms with Crippen LogP contribution >= 0.6 is 0 Å². The molecule has 0 bridgehead atoms. The number of aromatic hydroxyl groups is 1. The van der Waals surface area contributed by atoms with Gasteiger partial charge in [-0.1, -0.05) is 6.92 Å². The maximum Gasteiger partial charge on any atom is 0.203 e. The Morgan fingerprint density at radius 3 is 2.47 bits per heavy atom. The topological polar surface area (TPSA) is 64.7 Å². The van der Waals surface area contributed by atoms with Gasteiger partial charge in [-0.3, -0.25) is 0 Å². The van der Waals surface area contributed by atoms with Gasteiger partial charge in [0, 0.05) is 0 Å². The summed E-state index contributed by atoms with van der Waals surface area (Å²) in [4.78, 5) is 0. The van der Waals surface area contributed by atoms with E-state index in [9.17, 15) is 5.11 Å². The molecule has 3 N–H and O–H groups in total. The number of benzene rings is 1. The van der Waals surface area contributed by atoms with E-state index >= 15 is 0 Å². The molecule has 0 fully saturated rings. The van der Waals surface area contributed by atoms with Gasteiger partial charge in [0.15, 0.2) is 11.5 Å². The van der Waals surface area contributed by atoms with Gasteiger partial charge in [-0.2, -0.15) is 0 Å². The maximum atomic E-state index is 9.70. The van der Waals surface area contributed by atoms with Crippen LogP contribution in [0.4, 0.5) is 0 Å². The average Bonchev–Trinajstić information content (AvgIpc) is 2.26. The van der Waals surface area contributed by atoms with Gasteiger partial charge in [-0.05, 0) is 30.2 Å². The van der Waals surface area contributed by atoms with E-state index in [1.54, 1.807) is 6.07 Å². The summed E-state index contributed by atoms with van der Waals surface area (Å²) in [5.74, 6) is 1.13. The highest BCUT2D eigenvalue weighted by atomic mass is 16.5. The van der Waals surface area contributed by atoms with Gasteiger partial charge < -0.3 is 20.3 Å². The van der Waals surface area contributed by atoms with E-state index in [0.717, 1.165) is 5.56 Å². The number of phenols is 1. The maximum absolute atomic E-state index is 9.70. The van der Waals surface area contributed by atoms with Gasteiger partial charge in [0.05, 0.1) is 14.2 Å². The summed E-state index contributed by atoms with van der Waals surface area (Å²) in [5.41, 5.74) is 6.50. The number of methoxy groups -OCH3 is 2. The summed E-state index contributed by atoms with van der Waals surface area (Å²) in [6, 6.07) is 3.48. The monoisotopic (exact) mass is 211 g/mol. The number of phenolic OH excluding ortho intramolecular Hbond substituents is 1. The lowest BCUT2D eigenvalue weighted by molar-refractivity contribution is 0.332. The lowest BCUT2D eigenvalue weighted by Gasteiger charge is -2.14. The van der Waals surface area contributed by atoms with Crippen LogP contribution in [0.3, 0.4) is 0 Å². The van der Waals surface area contributed by atoms with Gasteiger partial charge in [-0.15, -0.1) is 0 Å². The zero-order valence-electron chi connectivity index (χ0n) is 9.28. The van der Waals surface area contributed by atoms with E-state index in [0.29, 0.717) is 18.0 Å². The molecular formula is C11H17NO3. The highest BCUT2D eigenvalue weighted by Crippen LogP contribution is 2.38. The zero-order valence-corrected chi connectivity index (χ0v) is 9.28. The first-order valence-electron chi connectivity index (χ1n) is 4.79. The van der Waals surface area contributed by atoms with Crippen molar-refractivity contribution in [3.05, 3.63) is 17.7 Å². The van der Waals surface area contributed by atoms with Crippen LogP contribution < -0.4 is 15.2 Å². The second-order valence-corrected chi connectivity index (χ2v) is 3.41. The SMILES string of the molecule is COc1cc(C(C)CN)cc(O)c1OC. The van der Waals surface area contributed by atoms with Gasteiger partial charge in [0.25, 0.3) is 0 Å². The molecule has 0 aliphatic heterocycles. The molecule has 15 heavy (non-hydrogen) atoms. The fraction of sp³-hybridized carbons (Fsp3) is 0.455. The number of nitrogens with two attached hydrogens (primary N) is 1. The molecule has 1 aromatic carbocycles. The number of rotatable bonds is 4. The molecule has 4 heteroatoms. The van der Waals surface area contributed by atoms with E-state index in [1.807, 2.05) is 13.0 Å². The van der Waals surface area contributed by atoms with Crippen molar-refractivity contribution in [2.75, 3.05) is 20.8 Å². The minimum absolute atomic E-state index is 0.0761. The smallest absolute Gasteiger partial charge is 0.203 e. The molecule has 1 aromatic rings. The summed E-state index contributed by atoms with van der Waals surface area (Å²) in [5, 5.41) is 9.70. The molecule has 84 valence electrons. The summed E-state index contributed by atoms with van der Waals surface area (Å²) in [6.07, 6.45) is 0. The normalized spacial score (nSPS) is 12.3. The fourth-order valence-corrected chi connectivity index (χ4v) is 1.39. The van der Waals surface area contributed by atoms with Gasteiger partial charge in [0.1, 0.15) is 0 Å². The van der Waals surface area contributed by atoms with Crippen molar-refractivity contribution in [2.24, 2.45) is 5.73 Å². The Balaban J connectivity index is 3.19. The van der Waals surface area contributed by atoms with Crippen LogP contribution in [-0.2, 0) is 0 Å². The van der Waals surface area contributed by atoms with Crippen molar-refractivity contribution < 1.29 is 14.6 Å². The second kappa shape index (κ2) is 4.89. The largest absolute Gasteiger partial charge is 0.504 e. The molecule has 0 radical (unpaired) electrons. The Kier molecular flexibility index (Phi) is 3.80. The summed E-state index contributed by atoms with van der Waals surface area (Å²) in [7, 11) is 3.03. The van der Waals surface area contributed by atoms with Crippen molar-refractivity contribution in [1.29, 1.82) is 0 Å². The predicted molar refractivity (Wildman–Crippen MR) is 58.7 cm³/mol. The van der Waals surface area contributed by atoms with Crippen LogP contribution in [0, 0.1) is 0 Å². The first-order chi connectivity index (χ1) is 7.13. The Morgan fingerprint density at radius 2 is 2.00 bits per heavy atom. The van der Waals surface area contributed by atoms with Crippen LogP contribution in [0.5, 0.6) is 17.2 Å². The molecule has 0 spiro atoms. The highest BCUT2D eigenvalue weighted by molar-refractivity contribution is 5.53. The van der Waals surface area contributed by atoms with Gasteiger partial charge >= 0.3 is 0 Å². The van der Waals surface area contributed by atoms with Crippen LogP contribution in [0.1, 0.15) is 18.4 Å². The molecule has 0 saturated heterocycles. The van der Waals surface area contributed by atoms with Crippen molar-refractivity contribution in [3.8, 4) is 17.2 Å². The molecule has 1 atom stereocenters. The third kappa shape index (κ3) is 2.33. The van der Waals surface area contributed by atoms with Crippen molar-refractivity contribution in [2.45, 2.75) is 12.8 Å². The fourth-order valence-electron chi connectivity index (χ4n) is 1.39. The van der Waals surface area contributed by atoms with E-state index in [2.05, 4.69) is 0 Å². The van der Waals surface area contributed by atoms with E-state index in [4.69, 9.17) is 15.2 Å². The van der Waals surface area contributed by atoms with Crippen molar-refractivity contribution in [3.63, 3.8) is 0 Å². The van der Waals surface area contributed by atoms with Gasteiger partial charge in [-0.25, -0.2) is 0 Å². The first-order valence-corrected chi connectivity index (χ1v) is 4.79. The summed E-state index contributed by atoms with van der Waals surface area (Å²) < 4.78 is 10.2. The molecule has 0 heterocycles. The first kappa shape index (κ1) is 11.7. The summed E-state index contributed by atoms with van der Waals surface area (Å²) in [6.45, 7) is 2.51. The molecule has 0 saturated carbocycles. The molecule has 0 aliphatic rings. The summed E-state index contributed by atoms with van der Waals surface area (Å²) >= 11 is 0. The van der Waals surface area contributed by atoms with Crippen LogP contribution in [0.2, 0.25) is 0 Å². The van der Waals surface area contributed by atoms with Crippen LogP contribution in [0.15, 0.2) is 12.1 Å². The lowest BCUT2D eigenvalue weighted by atomic mass is 10.0. The molecular weight excluding hydrogens is 194 g/mol. The highest BCUT2D eigenvalue weighted by Gasteiger charge is 2.14. The Hall–Kier alpha value is -1.42. The molecule has 1 unspecified atom stereocenters.